The van der Waals surface area contributed by atoms with E-state index in [2.05, 4.69) is 15.6 Å². The third-order valence-electron chi connectivity index (χ3n) is 10.5. The van der Waals surface area contributed by atoms with Crippen molar-refractivity contribution in [1.82, 2.24) is 25.4 Å². The van der Waals surface area contributed by atoms with Gasteiger partial charge in [0.2, 0.25) is 11.8 Å². The fraction of sp³-hybridized carbons (Fsp3) is 0.727. The van der Waals surface area contributed by atoms with Crippen LogP contribution in [0.4, 0.5) is 0 Å². The highest BCUT2D eigenvalue weighted by molar-refractivity contribution is 5.96. The molecule has 5 rings (SSSR count). The zero-order valence-electron chi connectivity index (χ0n) is 26.1. The van der Waals surface area contributed by atoms with E-state index in [1.54, 1.807) is 28.0 Å². The van der Waals surface area contributed by atoms with Crippen molar-refractivity contribution in [3.8, 4) is 0 Å². The summed E-state index contributed by atoms with van der Waals surface area (Å²) in [6, 6.07) is 5.17. The fourth-order valence-electron chi connectivity index (χ4n) is 7.41. The SMILES string of the molecule is NCC1CCC(C(=O)NC2CCN(C(=O)c3cccc(C(=O)N4CCC(NC(=O)C5CCC(CN)CC5)CC4)n3)CC2)CC1. The second kappa shape index (κ2) is 15.3. The summed E-state index contributed by atoms with van der Waals surface area (Å²) in [7, 11) is 0. The number of hydrogen-bond acceptors (Lipinski definition) is 7. The normalized spacial score (nSPS) is 27.0. The highest BCUT2D eigenvalue weighted by atomic mass is 16.2. The molecule has 0 unspecified atom stereocenters. The van der Waals surface area contributed by atoms with Crippen LogP contribution in [0, 0.1) is 23.7 Å². The number of carbonyl (C=O) groups is 4. The lowest BCUT2D eigenvalue weighted by Crippen LogP contribution is -2.48. The van der Waals surface area contributed by atoms with E-state index in [9.17, 15) is 19.2 Å². The van der Waals surface area contributed by atoms with E-state index in [1.807, 2.05) is 0 Å². The first-order valence-electron chi connectivity index (χ1n) is 16.9. The summed E-state index contributed by atoms with van der Waals surface area (Å²) in [5.41, 5.74) is 12.1. The van der Waals surface area contributed by atoms with Crippen LogP contribution in [-0.2, 0) is 9.59 Å². The van der Waals surface area contributed by atoms with Crippen LogP contribution in [0.1, 0.15) is 98.0 Å². The molecule has 0 bridgehead atoms. The van der Waals surface area contributed by atoms with Crippen molar-refractivity contribution in [2.24, 2.45) is 35.1 Å². The van der Waals surface area contributed by atoms with Gasteiger partial charge in [-0.3, -0.25) is 19.2 Å². The number of nitrogens with one attached hydrogen (secondary N) is 2. The summed E-state index contributed by atoms with van der Waals surface area (Å²) >= 11 is 0. The average molecular weight is 610 g/mol. The first kappa shape index (κ1) is 32.3. The molecule has 2 saturated heterocycles. The van der Waals surface area contributed by atoms with E-state index in [-0.39, 0.29) is 58.9 Å². The Bertz CT molecular complexity index is 1060. The van der Waals surface area contributed by atoms with Crippen molar-refractivity contribution >= 4 is 23.6 Å². The minimum atomic E-state index is -0.188. The minimum Gasteiger partial charge on any atom is -0.353 e. The number of aromatic nitrogens is 1. The van der Waals surface area contributed by atoms with Crippen LogP contribution in [-0.4, -0.2) is 89.8 Å². The maximum atomic E-state index is 13.3. The van der Waals surface area contributed by atoms with Crippen LogP contribution in [0.25, 0.3) is 0 Å². The molecule has 2 aliphatic heterocycles. The standard InChI is InChI=1S/C33H51N7O4/c34-20-22-4-8-24(9-5-22)30(41)36-26-12-16-39(17-13-26)32(43)28-2-1-3-29(38-28)33(44)40-18-14-27(15-19-40)37-31(42)25-10-6-23(21-35)7-11-25/h1-3,22-27H,4-21,34-35H2,(H,36,41)(H,37,42). The van der Waals surface area contributed by atoms with E-state index in [1.165, 1.54) is 0 Å². The topological polar surface area (TPSA) is 164 Å². The number of nitrogens with two attached hydrogens (primary N) is 2. The third kappa shape index (κ3) is 8.15. The van der Waals surface area contributed by atoms with Crippen molar-refractivity contribution in [2.45, 2.75) is 89.1 Å². The molecule has 2 saturated carbocycles. The van der Waals surface area contributed by atoms with Gasteiger partial charge in [-0.15, -0.1) is 0 Å². The summed E-state index contributed by atoms with van der Waals surface area (Å²) < 4.78 is 0. The number of carbonyl (C=O) groups excluding carboxylic acids is 4. The molecule has 1 aromatic rings. The van der Waals surface area contributed by atoms with Crippen molar-refractivity contribution in [1.29, 1.82) is 0 Å². The zero-order chi connectivity index (χ0) is 31.1. The molecular weight excluding hydrogens is 558 g/mol. The van der Waals surface area contributed by atoms with Gasteiger partial charge in [0.25, 0.3) is 11.8 Å². The Morgan fingerprint density at radius 1 is 0.614 bits per heavy atom. The largest absolute Gasteiger partial charge is 0.353 e. The van der Waals surface area contributed by atoms with E-state index in [0.29, 0.717) is 76.8 Å². The van der Waals surface area contributed by atoms with Gasteiger partial charge in [-0.05, 0) is 114 Å². The quantitative estimate of drug-likeness (QED) is 0.350. The molecule has 4 aliphatic rings. The van der Waals surface area contributed by atoms with Gasteiger partial charge in [0.05, 0.1) is 0 Å². The Morgan fingerprint density at radius 3 is 1.32 bits per heavy atom. The lowest BCUT2D eigenvalue weighted by atomic mass is 9.81. The minimum absolute atomic E-state index is 0.0677. The van der Waals surface area contributed by atoms with E-state index in [0.717, 1.165) is 51.4 Å². The van der Waals surface area contributed by atoms with Crippen molar-refractivity contribution < 1.29 is 19.2 Å². The molecule has 242 valence electrons. The predicted molar refractivity (Wildman–Crippen MR) is 167 cm³/mol. The van der Waals surface area contributed by atoms with Gasteiger partial charge < -0.3 is 31.9 Å². The van der Waals surface area contributed by atoms with Gasteiger partial charge in [-0.2, -0.15) is 0 Å². The lowest BCUT2D eigenvalue weighted by Gasteiger charge is -2.34. The van der Waals surface area contributed by atoms with Crippen LogP contribution >= 0.6 is 0 Å². The third-order valence-corrected chi connectivity index (χ3v) is 10.5. The molecule has 4 amide bonds. The van der Waals surface area contributed by atoms with Crippen LogP contribution in [0.3, 0.4) is 0 Å². The average Bonchev–Trinajstić information content (AvgIpc) is 3.08. The molecule has 6 N–H and O–H groups in total. The smallest absolute Gasteiger partial charge is 0.272 e. The molecule has 0 aromatic carbocycles. The predicted octanol–water partition coefficient (Wildman–Crippen LogP) is 2.05. The van der Waals surface area contributed by atoms with E-state index >= 15 is 0 Å². The Hall–Kier alpha value is -3.05. The van der Waals surface area contributed by atoms with Gasteiger partial charge in [0.15, 0.2) is 0 Å². The summed E-state index contributed by atoms with van der Waals surface area (Å²) in [5, 5.41) is 6.43. The lowest BCUT2D eigenvalue weighted by molar-refractivity contribution is -0.128. The molecule has 0 atom stereocenters. The van der Waals surface area contributed by atoms with E-state index < -0.39 is 0 Å². The van der Waals surface area contributed by atoms with Gasteiger partial charge in [-0.25, -0.2) is 4.98 Å². The molecular formula is C33H51N7O4. The van der Waals surface area contributed by atoms with Gasteiger partial charge in [0.1, 0.15) is 11.4 Å². The van der Waals surface area contributed by atoms with Gasteiger partial charge >= 0.3 is 0 Å². The summed E-state index contributed by atoms with van der Waals surface area (Å²) in [6.07, 6.45) is 10.5. The van der Waals surface area contributed by atoms with Gasteiger partial charge in [-0.1, -0.05) is 6.07 Å². The number of hydrogen-bond donors (Lipinski definition) is 4. The van der Waals surface area contributed by atoms with Crippen LogP contribution in [0.15, 0.2) is 18.2 Å². The molecule has 2 aliphatic carbocycles. The Morgan fingerprint density at radius 2 is 0.977 bits per heavy atom. The first-order valence-corrected chi connectivity index (χ1v) is 16.9. The number of pyridine rings is 1. The summed E-state index contributed by atoms with van der Waals surface area (Å²) in [5.74, 6) is 1.11. The first-order chi connectivity index (χ1) is 21.3. The Kier molecular flexibility index (Phi) is 11.2. The highest BCUT2D eigenvalue weighted by Gasteiger charge is 2.32. The zero-order valence-corrected chi connectivity index (χ0v) is 26.1. The number of rotatable bonds is 8. The monoisotopic (exact) mass is 609 g/mol. The van der Waals surface area contributed by atoms with Crippen LogP contribution < -0.4 is 22.1 Å². The number of nitrogens with zero attached hydrogens (tertiary/aromatic N) is 3. The maximum absolute atomic E-state index is 13.3. The van der Waals surface area contributed by atoms with Crippen molar-refractivity contribution in [2.75, 3.05) is 39.3 Å². The molecule has 0 spiro atoms. The highest BCUT2D eigenvalue weighted by Crippen LogP contribution is 2.30. The second-order valence-electron chi connectivity index (χ2n) is 13.5. The molecule has 11 heteroatoms. The molecule has 4 fully saturated rings. The Balaban J connectivity index is 1.05. The fourth-order valence-corrected chi connectivity index (χ4v) is 7.41. The Labute approximate surface area is 261 Å². The molecule has 0 radical (unpaired) electrons. The number of amides is 4. The number of likely N-dealkylation sites (tertiary alicyclic amines) is 2. The van der Waals surface area contributed by atoms with E-state index in [4.69, 9.17) is 11.5 Å². The van der Waals surface area contributed by atoms with Crippen LogP contribution in [0.2, 0.25) is 0 Å². The van der Waals surface area contributed by atoms with Crippen molar-refractivity contribution in [3.63, 3.8) is 0 Å². The maximum Gasteiger partial charge on any atom is 0.272 e. The number of piperidine rings is 2. The van der Waals surface area contributed by atoms with Crippen LogP contribution in [0.5, 0.6) is 0 Å². The van der Waals surface area contributed by atoms with Gasteiger partial charge in [0, 0.05) is 50.1 Å². The summed E-state index contributed by atoms with van der Waals surface area (Å²) in [6.45, 7) is 3.55. The molecule has 1 aromatic heterocycles. The molecule has 11 nitrogen and oxygen atoms in total. The molecule has 44 heavy (non-hydrogen) atoms. The molecule has 3 heterocycles. The van der Waals surface area contributed by atoms with Crippen molar-refractivity contribution in [3.05, 3.63) is 29.6 Å². The second-order valence-corrected chi connectivity index (χ2v) is 13.5. The summed E-state index contributed by atoms with van der Waals surface area (Å²) in [4.78, 5) is 60.2.